The minimum absolute atomic E-state index is 0.236. The molecule has 2 saturated heterocycles. The fourth-order valence-electron chi connectivity index (χ4n) is 6.42. The minimum Gasteiger partial charge on any atom is -0.381 e. The van der Waals surface area contributed by atoms with Crippen molar-refractivity contribution in [1.29, 1.82) is 0 Å². The Hall–Kier alpha value is -3.50. The van der Waals surface area contributed by atoms with Gasteiger partial charge in [-0.25, -0.2) is 9.37 Å². The van der Waals surface area contributed by atoms with Gasteiger partial charge in [0.25, 0.3) is 5.91 Å². The summed E-state index contributed by atoms with van der Waals surface area (Å²) in [6.45, 7) is 5.47. The molecule has 198 valence electrons. The first-order valence-electron chi connectivity index (χ1n) is 13.4. The van der Waals surface area contributed by atoms with Crippen LogP contribution in [0.4, 0.5) is 15.8 Å². The molecule has 7 rings (SSSR count). The van der Waals surface area contributed by atoms with Crippen LogP contribution in [0, 0.1) is 18.2 Å². The van der Waals surface area contributed by atoms with Crippen LogP contribution in [-0.4, -0.2) is 63.5 Å². The number of anilines is 2. The zero-order valence-electron chi connectivity index (χ0n) is 21.7. The van der Waals surface area contributed by atoms with Crippen molar-refractivity contribution in [3.8, 4) is 0 Å². The van der Waals surface area contributed by atoms with Crippen LogP contribution < -0.4 is 15.5 Å². The maximum atomic E-state index is 14.5. The number of imidazole rings is 1. The Morgan fingerprint density at radius 3 is 2.89 bits per heavy atom. The number of nitrogens with one attached hydrogen (secondary N) is 2. The minimum atomic E-state index is -0.486. The number of carbonyl (C=O) groups excluding carboxylic acids is 1. The van der Waals surface area contributed by atoms with Crippen LogP contribution in [0.25, 0.3) is 16.6 Å². The maximum absolute atomic E-state index is 14.5. The summed E-state index contributed by atoms with van der Waals surface area (Å²) in [6, 6.07) is 6.20. The van der Waals surface area contributed by atoms with Crippen LogP contribution in [0.5, 0.6) is 0 Å². The number of benzene rings is 1. The van der Waals surface area contributed by atoms with Crippen LogP contribution in [0.1, 0.15) is 41.7 Å². The molecule has 10 heteroatoms. The van der Waals surface area contributed by atoms with Gasteiger partial charge in [0.05, 0.1) is 16.9 Å². The summed E-state index contributed by atoms with van der Waals surface area (Å²) in [7, 11) is 1.87. The highest BCUT2D eigenvalue weighted by Gasteiger charge is 2.54. The molecule has 38 heavy (non-hydrogen) atoms. The van der Waals surface area contributed by atoms with Crippen LogP contribution in [0.3, 0.4) is 0 Å². The lowest BCUT2D eigenvalue weighted by Gasteiger charge is -2.25. The number of nitrogens with zero attached hydrogens (tertiary/aromatic N) is 5. The van der Waals surface area contributed by atoms with Gasteiger partial charge in [-0.1, -0.05) is 0 Å². The van der Waals surface area contributed by atoms with Crippen LogP contribution in [-0.2, 0) is 11.8 Å². The van der Waals surface area contributed by atoms with Gasteiger partial charge in [-0.15, -0.1) is 0 Å². The van der Waals surface area contributed by atoms with Gasteiger partial charge in [-0.05, 0) is 50.2 Å². The molecule has 1 unspecified atom stereocenters. The van der Waals surface area contributed by atoms with E-state index in [0.29, 0.717) is 40.0 Å². The molecule has 2 aliphatic heterocycles. The number of carbonyl (C=O) groups is 1. The lowest BCUT2D eigenvalue weighted by molar-refractivity contribution is 0.0539. The van der Waals surface area contributed by atoms with E-state index in [2.05, 4.69) is 25.6 Å². The molecule has 0 bridgehead atoms. The molecule has 4 aromatic rings. The molecular weight excluding hydrogens is 485 g/mol. The third-order valence-electron chi connectivity index (χ3n) is 8.54. The number of ether oxygens (including phenoxy) is 1. The molecule has 3 fully saturated rings. The van der Waals surface area contributed by atoms with E-state index in [4.69, 9.17) is 4.74 Å². The van der Waals surface area contributed by atoms with Gasteiger partial charge in [0.1, 0.15) is 5.52 Å². The number of pyridine rings is 1. The van der Waals surface area contributed by atoms with Gasteiger partial charge < -0.3 is 24.7 Å². The van der Waals surface area contributed by atoms with E-state index in [9.17, 15) is 9.18 Å². The van der Waals surface area contributed by atoms with Gasteiger partial charge in [0, 0.05) is 81.2 Å². The number of fused-ring (bicyclic) bond motifs is 2. The maximum Gasteiger partial charge on any atom is 0.257 e. The zero-order valence-corrected chi connectivity index (χ0v) is 21.7. The highest BCUT2D eigenvalue weighted by molar-refractivity contribution is 6.13. The molecule has 9 nitrogen and oxygen atoms in total. The van der Waals surface area contributed by atoms with Gasteiger partial charge in [-0.2, -0.15) is 5.10 Å². The van der Waals surface area contributed by atoms with Crippen molar-refractivity contribution in [3.63, 3.8) is 0 Å². The van der Waals surface area contributed by atoms with Crippen molar-refractivity contribution in [2.24, 2.45) is 12.5 Å². The molecule has 2 atom stereocenters. The Morgan fingerprint density at radius 2 is 2.05 bits per heavy atom. The van der Waals surface area contributed by atoms with E-state index in [-0.39, 0.29) is 11.6 Å². The topological polar surface area (TPSA) is 88.7 Å². The fraction of sp³-hybridized carbons (Fsp3) is 0.464. The van der Waals surface area contributed by atoms with E-state index in [1.54, 1.807) is 28.4 Å². The predicted molar refractivity (Wildman–Crippen MR) is 143 cm³/mol. The van der Waals surface area contributed by atoms with E-state index < -0.39 is 5.82 Å². The highest BCUT2D eigenvalue weighted by Crippen LogP contribution is 2.53. The highest BCUT2D eigenvalue weighted by atomic mass is 19.1. The standard InChI is InChI=1S/C28H32FN7O2/c1-17-13-36-15-19(11-22(29)26(36)30-17)32-27(37)20-3-4-23(21-16-34(2)33-25(20)21)35-8-5-18(14-35)31-24-12-28(24)6-9-38-10-7-28/h3-4,11,13,15-16,18,24,31H,5-10,12,14H2,1-2H3,(H,32,37)/t18-,24?/m1/s1. The van der Waals surface area contributed by atoms with Crippen molar-refractivity contribution in [2.45, 2.75) is 44.7 Å². The summed E-state index contributed by atoms with van der Waals surface area (Å²) in [5, 5.41) is 12.3. The molecule has 3 aliphatic rings. The Bertz CT molecular complexity index is 1550. The summed E-state index contributed by atoms with van der Waals surface area (Å²) in [4.78, 5) is 19.9. The summed E-state index contributed by atoms with van der Waals surface area (Å²) >= 11 is 0. The number of rotatable bonds is 5. The molecular formula is C28H32FN7O2. The normalized spacial score (nSPS) is 22.6. The molecule has 5 heterocycles. The monoisotopic (exact) mass is 517 g/mol. The quantitative estimate of drug-likeness (QED) is 0.420. The largest absolute Gasteiger partial charge is 0.381 e. The van der Waals surface area contributed by atoms with Gasteiger partial charge >= 0.3 is 0 Å². The first-order chi connectivity index (χ1) is 18.4. The van der Waals surface area contributed by atoms with Crippen molar-refractivity contribution < 1.29 is 13.9 Å². The molecule has 1 aliphatic carbocycles. The summed E-state index contributed by atoms with van der Waals surface area (Å²) in [6.07, 6.45) is 10.1. The van der Waals surface area contributed by atoms with E-state index in [1.165, 1.54) is 25.3 Å². The van der Waals surface area contributed by atoms with Gasteiger partial charge in [0.15, 0.2) is 11.5 Å². The molecule has 2 N–H and O–H groups in total. The Balaban J connectivity index is 1.10. The summed E-state index contributed by atoms with van der Waals surface area (Å²) < 4.78 is 23.5. The molecule has 3 aromatic heterocycles. The zero-order chi connectivity index (χ0) is 26.0. The number of halogens is 1. The number of aromatic nitrogens is 4. The third-order valence-corrected chi connectivity index (χ3v) is 8.54. The average molecular weight is 518 g/mol. The molecule has 1 aromatic carbocycles. The molecule has 1 spiro atoms. The second-order valence-electron chi connectivity index (χ2n) is 11.2. The summed E-state index contributed by atoms with van der Waals surface area (Å²) in [5.74, 6) is -0.812. The second-order valence-corrected chi connectivity index (χ2v) is 11.2. The number of aryl methyl sites for hydroxylation is 2. The second kappa shape index (κ2) is 8.78. The molecule has 1 saturated carbocycles. The van der Waals surface area contributed by atoms with Gasteiger partial charge in [0.2, 0.25) is 0 Å². The van der Waals surface area contributed by atoms with Crippen molar-refractivity contribution >= 4 is 33.8 Å². The number of amides is 1. The van der Waals surface area contributed by atoms with Crippen molar-refractivity contribution in [2.75, 3.05) is 36.5 Å². The fourth-order valence-corrected chi connectivity index (χ4v) is 6.42. The van der Waals surface area contributed by atoms with E-state index in [1.807, 2.05) is 25.4 Å². The predicted octanol–water partition coefficient (Wildman–Crippen LogP) is 3.66. The Labute approximate surface area is 220 Å². The van der Waals surface area contributed by atoms with E-state index >= 15 is 0 Å². The van der Waals surface area contributed by atoms with Crippen LogP contribution >= 0.6 is 0 Å². The smallest absolute Gasteiger partial charge is 0.257 e. The SMILES string of the molecule is Cc1cn2cc(NC(=O)c3ccc(N4CC[C@@H](NC5CC56CCOCC6)C4)c4cn(C)nc34)cc(F)c2n1. The first kappa shape index (κ1) is 23.6. The molecule has 1 amide bonds. The lowest BCUT2D eigenvalue weighted by atomic mass is 9.96. The van der Waals surface area contributed by atoms with Crippen molar-refractivity contribution in [3.05, 3.63) is 53.9 Å². The van der Waals surface area contributed by atoms with Crippen molar-refractivity contribution in [1.82, 2.24) is 24.5 Å². The van der Waals surface area contributed by atoms with E-state index in [0.717, 1.165) is 43.8 Å². The Morgan fingerprint density at radius 1 is 1.21 bits per heavy atom. The van der Waals surface area contributed by atoms with Crippen LogP contribution in [0.15, 0.2) is 36.8 Å². The first-order valence-corrected chi connectivity index (χ1v) is 13.4. The van der Waals surface area contributed by atoms with Gasteiger partial charge in [-0.3, -0.25) is 9.48 Å². The lowest BCUT2D eigenvalue weighted by Crippen LogP contribution is -2.37. The average Bonchev–Trinajstić information content (AvgIpc) is 3.28. The molecule has 0 radical (unpaired) electrons. The Kier molecular flexibility index (Phi) is 5.45. The number of hydrogen-bond acceptors (Lipinski definition) is 6. The third kappa shape index (κ3) is 4.03. The van der Waals surface area contributed by atoms with Crippen LogP contribution in [0.2, 0.25) is 0 Å². The summed E-state index contributed by atoms with van der Waals surface area (Å²) in [5.41, 5.74) is 3.95. The number of hydrogen-bond donors (Lipinski definition) is 2.